The van der Waals surface area contributed by atoms with Crippen molar-refractivity contribution < 1.29 is 0 Å². The Kier molecular flexibility index (Phi) is 7.58. The topological polar surface area (TPSA) is 12.6 Å². The Bertz CT molecular complexity index is 3900. The van der Waals surface area contributed by atoms with E-state index in [4.69, 9.17) is 0 Å². The molecule has 0 unspecified atom stereocenters. The standard InChI is InChI=1S/C61H41N3/c1-2-14-44(15-3-1)63-56-24-8-6-17-49(56)51-20-10-19-48(59(51)63)40-31-35-46(36-32-40)62(45-33-29-39(30-34-45)41-27-28-43-37-42-13-4-5-16-47(42)55(43)38-41)58-26-12-23-54-53-22-11-21-52-50-18-7-9-25-57(50)64(60(52)53)61(54)58/h1-3,5-12,14-36,38H,4,13,37H2. The van der Waals surface area contributed by atoms with Crippen molar-refractivity contribution in [2.24, 2.45) is 0 Å². The zero-order chi connectivity index (χ0) is 41.9. The van der Waals surface area contributed by atoms with E-state index in [2.05, 4.69) is 226 Å². The molecule has 64 heavy (non-hydrogen) atoms. The minimum atomic E-state index is 1.09. The van der Waals surface area contributed by atoms with Crippen LogP contribution in [0.5, 0.6) is 0 Å². The lowest BCUT2D eigenvalue weighted by atomic mass is 9.95. The summed E-state index contributed by atoms with van der Waals surface area (Å²) in [5.41, 5.74) is 21.4. The zero-order valence-electron chi connectivity index (χ0n) is 35.2. The molecule has 2 aliphatic carbocycles. The molecule has 3 nitrogen and oxygen atoms in total. The van der Waals surface area contributed by atoms with Gasteiger partial charge in [0.05, 0.1) is 33.3 Å². The van der Waals surface area contributed by atoms with E-state index in [-0.39, 0.29) is 0 Å². The SMILES string of the molecule is C1=CC2=C(CC1)Cc1ccc(-c3ccc(N(c4ccc(-c5cccc6c7ccccc7n(-c7ccccc7)c56)cc4)c4cccc5c6cccc7c8ccccc8n(c45)c76)cc3)cc12. The summed E-state index contributed by atoms with van der Waals surface area (Å²) in [7, 11) is 0. The van der Waals surface area contributed by atoms with Crippen molar-refractivity contribution in [1.82, 2.24) is 8.97 Å². The number of nitrogens with zero attached hydrogens (tertiary/aromatic N) is 3. The van der Waals surface area contributed by atoms with E-state index in [1.165, 1.54) is 105 Å². The first-order valence-electron chi connectivity index (χ1n) is 22.5. The first-order valence-corrected chi connectivity index (χ1v) is 22.5. The Morgan fingerprint density at radius 1 is 0.422 bits per heavy atom. The van der Waals surface area contributed by atoms with Gasteiger partial charge < -0.3 is 13.9 Å². The van der Waals surface area contributed by atoms with E-state index in [0.717, 1.165) is 35.6 Å². The maximum Gasteiger partial charge on any atom is 0.0782 e. The third-order valence-electron chi connectivity index (χ3n) is 14.2. The summed E-state index contributed by atoms with van der Waals surface area (Å²) in [6, 6.07) is 74.3. The summed E-state index contributed by atoms with van der Waals surface area (Å²) in [5, 5.41) is 7.62. The molecule has 2 aliphatic rings. The van der Waals surface area contributed by atoms with E-state index >= 15 is 0 Å². The van der Waals surface area contributed by atoms with E-state index in [9.17, 15) is 0 Å². The summed E-state index contributed by atoms with van der Waals surface area (Å²) in [4.78, 5) is 2.47. The molecule has 3 aromatic heterocycles. The maximum absolute atomic E-state index is 2.51. The van der Waals surface area contributed by atoms with Crippen molar-refractivity contribution in [1.29, 1.82) is 0 Å². The third-order valence-corrected chi connectivity index (χ3v) is 14.2. The van der Waals surface area contributed by atoms with Gasteiger partial charge in [-0.3, -0.25) is 0 Å². The van der Waals surface area contributed by atoms with Crippen LogP contribution in [-0.2, 0) is 6.42 Å². The van der Waals surface area contributed by atoms with Crippen molar-refractivity contribution >= 4 is 82.5 Å². The number of anilines is 3. The van der Waals surface area contributed by atoms with Crippen molar-refractivity contribution in [2.45, 2.75) is 19.3 Å². The van der Waals surface area contributed by atoms with Crippen LogP contribution in [0.4, 0.5) is 17.1 Å². The van der Waals surface area contributed by atoms with Crippen LogP contribution in [0.2, 0.25) is 0 Å². The Morgan fingerprint density at radius 2 is 1.02 bits per heavy atom. The Hall–Kier alpha value is -8.14. The van der Waals surface area contributed by atoms with Crippen LogP contribution in [0.1, 0.15) is 24.0 Å². The molecule has 300 valence electrons. The quantitative estimate of drug-likeness (QED) is 0.163. The van der Waals surface area contributed by atoms with Crippen molar-refractivity contribution in [2.75, 3.05) is 4.90 Å². The van der Waals surface area contributed by atoms with Crippen molar-refractivity contribution in [3.8, 4) is 27.9 Å². The molecule has 9 aromatic carbocycles. The first-order chi connectivity index (χ1) is 31.8. The number of rotatable bonds is 6. The average Bonchev–Trinajstić information content (AvgIpc) is 4.11. The summed E-state index contributed by atoms with van der Waals surface area (Å²) in [6.45, 7) is 0. The normalized spacial score (nSPS) is 13.6. The van der Waals surface area contributed by atoms with Crippen LogP contribution >= 0.6 is 0 Å². The fraction of sp³-hybridized carbons (Fsp3) is 0.0492. The number of aromatic nitrogens is 2. The van der Waals surface area contributed by atoms with Crippen LogP contribution in [0.25, 0.3) is 93.4 Å². The Morgan fingerprint density at radius 3 is 1.80 bits per heavy atom. The van der Waals surface area contributed by atoms with Crippen LogP contribution in [0.3, 0.4) is 0 Å². The third kappa shape index (κ3) is 5.10. The highest BCUT2D eigenvalue weighted by molar-refractivity contribution is 6.25. The molecule has 0 aliphatic heterocycles. The van der Waals surface area contributed by atoms with Gasteiger partial charge in [-0.15, -0.1) is 0 Å². The molecular formula is C61H41N3. The van der Waals surface area contributed by atoms with Crippen LogP contribution in [0.15, 0.2) is 218 Å². The fourth-order valence-electron chi connectivity index (χ4n) is 11.3. The van der Waals surface area contributed by atoms with Gasteiger partial charge in [-0.05, 0) is 113 Å². The van der Waals surface area contributed by atoms with Gasteiger partial charge in [-0.2, -0.15) is 0 Å². The van der Waals surface area contributed by atoms with E-state index in [0.29, 0.717) is 0 Å². The Balaban J connectivity index is 0.956. The molecule has 0 bridgehead atoms. The van der Waals surface area contributed by atoms with Crippen molar-refractivity contribution in [3.63, 3.8) is 0 Å². The predicted molar refractivity (Wildman–Crippen MR) is 270 cm³/mol. The van der Waals surface area contributed by atoms with Crippen LogP contribution in [-0.4, -0.2) is 8.97 Å². The molecule has 0 amide bonds. The van der Waals surface area contributed by atoms with E-state index in [1.54, 1.807) is 5.57 Å². The molecule has 0 saturated heterocycles. The monoisotopic (exact) mass is 815 g/mol. The maximum atomic E-state index is 2.51. The second-order valence-corrected chi connectivity index (χ2v) is 17.6. The fourth-order valence-corrected chi connectivity index (χ4v) is 11.3. The lowest BCUT2D eigenvalue weighted by Gasteiger charge is -2.27. The molecule has 0 spiro atoms. The highest BCUT2D eigenvalue weighted by Gasteiger charge is 2.25. The van der Waals surface area contributed by atoms with Gasteiger partial charge in [0.25, 0.3) is 0 Å². The van der Waals surface area contributed by atoms with E-state index in [1.807, 2.05) is 0 Å². The molecule has 3 heterocycles. The predicted octanol–water partition coefficient (Wildman–Crippen LogP) is 16.4. The lowest BCUT2D eigenvalue weighted by Crippen LogP contribution is -2.11. The number of para-hydroxylation sites is 6. The lowest BCUT2D eigenvalue weighted by molar-refractivity contribution is 0.935. The summed E-state index contributed by atoms with van der Waals surface area (Å²) >= 11 is 0. The van der Waals surface area contributed by atoms with Gasteiger partial charge in [-0.1, -0.05) is 157 Å². The Labute approximate surface area is 371 Å². The zero-order valence-corrected chi connectivity index (χ0v) is 35.2. The molecule has 0 atom stereocenters. The minimum Gasteiger partial charge on any atom is -0.309 e. The second kappa shape index (κ2) is 13.7. The highest BCUT2D eigenvalue weighted by Crippen LogP contribution is 2.47. The second-order valence-electron chi connectivity index (χ2n) is 17.6. The summed E-state index contributed by atoms with van der Waals surface area (Å²) in [5.74, 6) is 0. The number of benzene rings is 9. The molecule has 14 rings (SSSR count). The van der Waals surface area contributed by atoms with Gasteiger partial charge in [0, 0.05) is 54.9 Å². The molecule has 0 radical (unpaired) electrons. The van der Waals surface area contributed by atoms with Crippen LogP contribution < -0.4 is 4.90 Å². The number of hydrogen-bond donors (Lipinski definition) is 0. The number of allylic oxidation sites excluding steroid dienone is 4. The van der Waals surface area contributed by atoms with Gasteiger partial charge in [0.15, 0.2) is 0 Å². The number of hydrogen-bond acceptors (Lipinski definition) is 1. The summed E-state index contributed by atoms with van der Waals surface area (Å²) in [6.07, 6.45) is 8.10. The minimum absolute atomic E-state index is 1.09. The van der Waals surface area contributed by atoms with Gasteiger partial charge in [0.2, 0.25) is 0 Å². The molecular weight excluding hydrogens is 775 g/mol. The first kappa shape index (κ1) is 35.5. The molecule has 0 fully saturated rings. The molecule has 3 heteroatoms. The van der Waals surface area contributed by atoms with Crippen molar-refractivity contribution in [3.05, 3.63) is 229 Å². The van der Waals surface area contributed by atoms with Gasteiger partial charge in [-0.25, -0.2) is 0 Å². The largest absolute Gasteiger partial charge is 0.309 e. The van der Waals surface area contributed by atoms with Gasteiger partial charge >= 0.3 is 0 Å². The smallest absolute Gasteiger partial charge is 0.0782 e. The molecule has 0 saturated carbocycles. The van der Waals surface area contributed by atoms with Crippen LogP contribution in [0, 0.1) is 0 Å². The molecule has 0 N–H and O–H groups in total. The summed E-state index contributed by atoms with van der Waals surface area (Å²) < 4.78 is 4.94. The van der Waals surface area contributed by atoms with E-state index < -0.39 is 0 Å². The molecule has 12 aromatic rings. The van der Waals surface area contributed by atoms with Gasteiger partial charge in [0.1, 0.15) is 0 Å². The number of fused-ring (bicyclic) bond motifs is 11. The highest BCUT2D eigenvalue weighted by atomic mass is 15.2. The average molecular weight is 816 g/mol.